The lowest BCUT2D eigenvalue weighted by molar-refractivity contribution is -0.115. The fourth-order valence-corrected chi connectivity index (χ4v) is 2.38. The Bertz CT molecular complexity index is 815. The minimum absolute atomic E-state index is 0.140. The molecule has 0 saturated carbocycles. The molecule has 1 heterocycles. The number of amides is 1. The molecule has 1 aromatic heterocycles. The van der Waals surface area contributed by atoms with Gasteiger partial charge in [0.25, 0.3) is 0 Å². The number of carbonyl (C=O) groups is 1. The van der Waals surface area contributed by atoms with Gasteiger partial charge in [0.1, 0.15) is 5.75 Å². The van der Waals surface area contributed by atoms with Gasteiger partial charge in [0, 0.05) is 24.9 Å². The van der Waals surface area contributed by atoms with Crippen LogP contribution in [0.1, 0.15) is 6.92 Å². The van der Waals surface area contributed by atoms with Crippen molar-refractivity contribution in [1.29, 1.82) is 0 Å². The monoisotopic (exact) mass is 319 g/mol. The topological polar surface area (TPSA) is 55.3 Å². The molecule has 0 aliphatic carbocycles. The van der Waals surface area contributed by atoms with E-state index in [0.29, 0.717) is 5.95 Å². The number of methoxy groups -OCH3 is 1. The van der Waals surface area contributed by atoms with Crippen LogP contribution < -0.4 is 9.64 Å². The smallest absolute Gasteiger partial charge is 0.236 e. The number of benzene rings is 2. The first kappa shape index (κ1) is 15.7. The molecule has 5 heteroatoms. The van der Waals surface area contributed by atoms with Gasteiger partial charge in [0.15, 0.2) is 0 Å². The Morgan fingerprint density at radius 2 is 1.54 bits per heavy atom. The molecule has 1 amide bonds. The van der Waals surface area contributed by atoms with Crippen LogP contribution in [0, 0.1) is 0 Å². The zero-order valence-corrected chi connectivity index (χ0v) is 13.5. The molecule has 2 aromatic carbocycles. The van der Waals surface area contributed by atoms with E-state index in [1.807, 2.05) is 54.6 Å². The summed E-state index contributed by atoms with van der Waals surface area (Å²) >= 11 is 0. The van der Waals surface area contributed by atoms with Crippen LogP contribution in [0.25, 0.3) is 11.1 Å². The zero-order chi connectivity index (χ0) is 16.9. The third-order valence-electron chi connectivity index (χ3n) is 3.59. The molecule has 0 radical (unpaired) electrons. The van der Waals surface area contributed by atoms with E-state index in [-0.39, 0.29) is 5.91 Å². The second kappa shape index (κ2) is 6.91. The van der Waals surface area contributed by atoms with E-state index in [1.54, 1.807) is 19.5 Å². The van der Waals surface area contributed by atoms with Crippen molar-refractivity contribution in [2.24, 2.45) is 0 Å². The highest BCUT2D eigenvalue weighted by molar-refractivity contribution is 5.97. The lowest BCUT2D eigenvalue weighted by Gasteiger charge is -2.19. The maximum absolute atomic E-state index is 12.0. The van der Waals surface area contributed by atoms with E-state index in [0.717, 1.165) is 22.6 Å². The number of carbonyl (C=O) groups excluding carboxylic acids is 1. The number of hydrogen-bond donors (Lipinski definition) is 0. The second-order valence-electron chi connectivity index (χ2n) is 5.19. The molecule has 0 fully saturated rings. The van der Waals surface area contributed by atoms with Crippen LogP contribution >= 0.6 is 0 Å². The molecule has 0 atom stereocenters. The summed E-state index contributed by atoms with van der Waals surface area (Å²) in [6.07, 6.45) is 3.42. The Labute approximate surface area is 140 Å². The number of para-hydroxylation sites is 1. The number of nitrogens with zero attached hydrogens (tertiary/aromatic N) is 3. The van der Waals surface area contributed by atoms with Crippen molar-refractivity contribution in [3.63, 3.8) is 0 Å². The number of rotatable bonds is 4. The largest absolute Gasteiger partial charge is 0.497 e. The molecule has 3 aromatic rings. The summed E-state index contributed by atoms with van der Waals surface area (Å²) in [5, 5.41) is 0. The standard InChI is InChI=1S/C19H17N3O2/c1-14(23)22(17-6-4-3-5-7-17)19-20-12-16(13-21-19)15-8-10-18(24-2)11-9-15/h3-13H,1-2H3. The maximum atomic E-state index is 12.0. The first-order valence-electron chi connectivity index (χ1n) is 7.51. The van der Waals surface area contributed by atoms with E-state index in [2.05, 4.69) is 9.97 Å². The van der Waals surface area contributed by atoms with Gasteiger partial charge in [0.05, 0.1) is 12.8 Å². The summed E-state index contributed by atoms with van der Waals surface area (Å²) in [5.41, 5.74) is 2.59. The molecule has 0 unspecified atom stereocenters. The van der Waals surface area contributed by atoms with Gasteiger partial charge >= 0.3 is 0 Å². The van der Waals surface area contributed by atoms with Gasteiger partial charge in [-0.05, 0) is 29.8 Å². The van der Waals surface area contributed by atoms with Gasteiger partial charge in [-0.2, -0.15) is 0 Å². The van der Waals surface area contributed by atoms with Crippen LogP contribution in [-0.4, -0.2) is 23.0 Å². The van der Waals surface area contributed by atoms with Crippen molar-refractivity contribution in [2.75, 3.05) is 12.0 Å². The predicted octanol–water partition coefficient (Wildman–Crippen LogP) is 3.84. The van der Waals surface area contributed by atoms with Crippen molar-refractivity contribution in [3.05, 3.63) is 67.0 Å². The molecule has 24 heavy (non-hydrogen) atoms. The Morgan fingerprint density at radius 3 is 2.08 bits per heavy atom. The molecular formula is C19H17N3O2. The SMILES string of the molecule is COc1ccc(-c2cnc(N(C(C)=O)c3ccccc3)nc2)cc1. The number of hydrogen-bond acceptors (Lipinski definition) is 4. The molecule has 0 N–H and O–H groups in total. The summed E-state index contributed by atoms with van der Waals surface area (Å²) < 4.78 is 5.16. The van der Waals surface area contributed by atoms with Gasteiger partial charge in [-0.25, -0.2) is 14.9 Å². The molecule has 3 rings (SSSR count). The lowest BCUT2D eigenvalue weighted by Crippen LogP contribution is -2.24. The highest BCUT2D eigenvalue weighted by atomic mass is 16.5. The Morgan fingerprint density at radius 1 is 0.917 bits per heavy atom. The van der Waals surface area contributed by atoms with Crippen molar-refractivity contribution < 1.29 is 9.53 Å². The van der Waals surface area contributed by atoms with E-state index in [9.17, 15) is 4.79 Å². The van der Waals surface area contributed by atoms with Gasteiger partial charge in [-0.3, -0.25) is 4.79 Å². The minimum atomic E-state index is -0.140. The fourth-order valence-electron chi connectivity index (χ4n) is 2.38. The normalized spacial score (nSPS) is 10.2. The Balaban J connectivity index is 1.91. The van der Waals surface area contributed by atoms with Crippen LogP contribution in [-0.2, 0) is 4.79 Å². The van der Waals surface area contributed by atoms with Crippen molar-refractivity contribution in [2.45, 2.75) is 6.92 Å². The van der Waals surface area contributed by atoms with Crippen LogP contribution in [0.4, 0.5) is 11.6 Å². The predicted molar refractivity (Wildman–Crippen MR) is 93.3 cm³/mol. The van der Waals surface area contributed by atoms with Crippen molar-refractivity contribution >= 4 is 17.5 Å². The third kappa shape index (κ3) is 3.25. The summed E-state index contributed by atoms with van der Waals surface area (Å²) in [6.45, 7) is 1.49. The Kier molecular flexibility index (Phi) is 4.52. The second-order valence-corrected chi connectivity index (χ2v) is 5.19. The summed E-state index contributed by atoms with van der Waals surface area (Å²) in [5.74, 6) is 1.01. The molecule has 0 aliphatic heterocycles. The van der Waals surface area contributed by atoms with Crippen LogP contribution in [0.15, 0.2) is 67.0 Å². The number of aromatic nitrogens is 2. The third-order valence-corrected chi connectivity index (χ3v) is 3.59. The van der Waals surface area contributed by atoms with E-state index < -0.39 is 0 Å². The lowest BCUT2D eigenvalue weighted by atomic mass is 10.1. The van der Waals surface area contributed by atoms with Crippen LogP contribution in [0.5, 0.6) is 5.75 Å². The minimum Gasteiger partial charge on any atom is -0.497 e. The summed E-state index contributed by atoms with van der Waals surface area (Å²) in [6, 6.07) is 17.0. The fraction of sp³-hybridized carbons (Fsp3) is 0.105. The molecular weight excluding hydrogens is 302 g/mol. The average molecular weight is 319 g/mol. The molecule has 0 aliphatic rings. The highest BCUT2D eigenvalue weighted by Crippen LogP contribution is 2.25. The van der Waals surface area contributed by atoms with Crippen LogP contribution in [0.3, 0.4) is 0 Å². The van der Waals surface area contributed by atoms with Gasteiger partial charge < -0.3 is 4.74 Å². The van der Waals surface area contributed by atoms with Gasteiger partial charge in [-0.1, -0.05) is 30.3 Å². The molecule has 120 valence electrons. The van der Waals surface area contributed by atoms with E-state index in [1.165, 1.54) is 11.8 Å². The van der Waals surface area contributed by atoms with Crippen molar-refractivity contribution in [1.82, 2.24) is 9.97 Å². The Hall–Kier alpha value is -3.21. The number of anilines is 2. The highest BCUT2D eigenvalue weighted by Gasteiger charge is 2.16. The molecule has 0 spiro atoms. The van der Waals surface area contributed by atoms with Crippen molar-refractivity contribution in [3.8, 4) is 16.9 Å². The first-order valence-corrected chi connectivity index (χ1v) is 7.51. The zero-order valence-electron chi connectivity index (χ0n) is 13.5. The average Bonchev–Trinajstić information content (AvgIpc) is 2.63. The van der Waals surface area contributed by atoms with Crippen LogP contribution in [0.2, 0.25) is 0 Å². The molecule has 0 bridgehead atoms. The first-order chi connectivity index (χ1) is 11.7. The van der Waals surface area contributed by atoms with Gasteiger partial charge in [-0.15, -0.1) is 0 Å². The quantitative estimate of drug-likeness (QED) is 0.733. The van der Waals surface area contributed by atoms with E-state index in [4.69, 9.17) is 4.74 Å². The van der Waals surface area contributed by atoms with Gasteiger partial charge in [0.2, 0.25) is 11.9 Å². The molecule has 5 nitrogen and oxygen atoms in total. The summed E-state index contributed by atoms with van der Waals surface area (Å²) in [7, 11) is 1.63. The summed E-state index contributed by atoms with van der Waals surface area (Å²) in [4.78, 5) is 22.2. The molecule has 0 saturated heterocycles. The maximum Gasteiger partial charge on any atom is 0.236 e. The van der Waals surface area contributed by atoms with E-state index >= 15 is 0 Å². The number of ether oxygens (including phenoxy) is 1.